The molecule has 0 saturated heterocycles. The molecule has 138 valence electrons. The fourth-order valence-electron chi connectivity index (χ4n) is 2.34. The minimum absolute atomic E-state index is 0.196. The fourth-order valence-corrected chi connectivity index (χ4v) is 2.34. The Hall–Kier alpha value is -2.82. The van der Waals surface area contributed by atoms with Crippen LogP contribution >= 0.6 is 0 Å². The van der Waals surface area contributed by atoms with Gasteiger partial charge in [0.25, 0.3) is 5.91 Å². The van der Waals surface area contributed by atoms with Crippen LogP contribution in [0.1, 0.15) is 46.5 Å². The summed E-state index contributed by atoms with van der Waals surface area (Å²) in [4.78, 5) is 22.9. The maximum atomic E-state index is 12.2. The largest absolute Gasteiger partial charge is 0.493 e. The average molecular weight is 355 g/mol. The third-order valence-electron chi connectivity index (χ3n) is 3.94. The van der Waals surface area contributed by atoms with Crippen molar-refractivity contribution in [3.63, 3.8) is 0 Å². The zero-order valence-electron chi connectivity index (χ0n) is 15.5. The van der Waals surface area contributed by atoms with Gasteiger partial charge in [-0.2, -0.15) is 0 Å². The standard InChI is InChI=1S/C21H25NO4/c1-15(2)10-11-26-19-9-6-17(12-20(19)25-3)13-22-21(24)18-7-4-16(14-23)5-8-18/h4-9,12,14-15H,10-11,13H2,1-3H3,(H,22,24). The molecule has 0 atom stereocenters. The number of aldehydes is 1. The summed E-state index contributed by atoms with van der Waals surface area (Å²) in [6.07, 6.45) is 1.72. The number of nitrogens with one attached hydrogen (secondary N) is 1. The maximum absolute atomic E-state index is 12.2. The van der Waals surface area contributed by atoms with Gasteiger partial charge in [-0.15, -0.1) is 0 Å². The highest BCUT2D eigenvalue weighted by atomic mass is 16.5. The van der Waals surface area contributed by atoms with Gasteiger partial charge in [0.2, 0.25) is 0 Å². The molecular weight excluding hydrogens is 330 g/mol. The molecule has 5 heteroatoms. The summed E-state index contributed by atoms with van der Waals surface area (Å²) in [5, 5.41) is 2.86. The van der Waals surface area contributed by atoms with Crippen LogP contribution in [-0.4, -0.2) is 25.9 Å². The molecule has 5 nitrogen and oxygen atoms in total. The van der Waals surface area contributed by atoms with E-state index < -0.39 is 0 Å². The van der Waals surface area contributed by atoms with E-state index in [0.29, 0.717) is 41.7 Å². The summed E-state index contributed by atoms with van der Waals surface area (Å²) in [7, 11) is 1.60. The topological polar surface area (TPSA) is 64.6 Å². The van der Waals surface area contributed by atoms with E-state index in [1.807, 2.05) is 18.2 Å². The lowest BCUT2D eigenvalue weighted by molar-refractivity contribution is 0.0950. The number of benzene rings is 2. The Bertz CT molecular complexity index is 738. The summed E-state index contributed by atoms with van der Waals surface area (Å²) >= 11 is 0. The van der Waals surface area contributed by atoms with Gasteiger partial charge in [-0.3, -0.25) is 9.59 Å². The first-order valence-corrected chi connectivity index (χ1v) is 8.66. The summed E-state index contributed by atoms with van der Waals surface area (Å²) in [6, 6.07) is 12.1. The molecule has 0 aromatic heterocycles. The molecule has 0 spiro atoms. The highest BCUT2D eigenvalue weighted by Crippen LogP contribution is 2.28. The van der Waals surface area contributed by atoms with Crippen LogP contribution in [0.4, 0.5) is 0 Å². The first-order chi connectivity index (χ1) is 12.5. The van der Waals surface area contributed by atoms with Crippen LogP contribution in [0.3, 0.4) is 0 Å². The van der Waals surface area contributed by atoms with Crippen molar-refractivity contribution in [3.05, 3.63) is 59.2 Å². The van der Waals surface area contributed by atoms with E-state index in [9.17, 15) is 9.59 Å². The van der Waals surface area contributed by atoms with E-state index in [4.69, 9.17) is 9.47 Å². The van der Waals surface area contributed by atoms with Crippen LogP contribution in [0.25, 0.3) is 0 Å². The number of amides is 1. The van der Waals surface area contributed by atoms with Gasteiger partial charge in [-0.1, -0.05) is 32.0 Å². The molecule has 1 amide bonds. The van der Waals surface area contributed by atoms with Crippen LogP contribution in [0.15, 0.2) is 42.5 Å². The highest BCUT2D eigenvalue weighted by molar-refractivity contribution is 5.94. The molecule has 0 bridgehead atoms. The van der Waals surface area contributed by atoms with Crippen molar-refractivity contribution in [2.75, 3.05) is 13.7 Å². The smallest absolute Gasteiger partial charge is 0.251 e. The van der Waals surface area contributed by atoms with Crippen LogP contribution < -0.4 is 14.8 Å². The van der Waals surface area contributed by atoms with Crippen LogP contribution in [0.2, 0.25) is 0 Å². The SMILES string of the molecule is COc1cc(CNC(=O)c2ccc(C=O)cc2)ccc1OCCC(C)C. The molecule has 2 aromatic rings. The van der Waals surface area contributed by atoms with E-state index >= 15 is 0 Å². The van der Waals surface area contributed by atoms with Gasteiger partial charge in [0.1, 0.15) is 6.29 Å². The molecule has 0 radical (unpaired) electrons. The summed E-state index contributed by atoms with van der Waals surface area (Å²) in [6.45, 7) is 5.32. The number of methoxy groups -OCH3 is 1. The molecule has 2 rings (SSSR count). The van der Waals surface area contributed by atoms with Crippen molar-refractivity contribution in [3.8, 4) is 11.5 Å². The third kappa shape index (κ3) is 5.62. The van der Waals surface area contributed by atoms with Crippen LogP contribution in [-0.2, 0) is 6.54 Å². The highest BCUT2D eigenvalue weighted by Gasteiger charge is 2.09. The third-order valence-corrected chi connectivity index (χ3v) is 3.94. The molecule has 0 aliphatic rings. The molecule has 0 unspecified atom stereocenters. The molecule has 1 N–H and O–H groups in total. The number of hydrogen-bond acceptors (Lipinski definition) is 4. The molecule has 2 aromatic carbocycles. The zero-order valence-corrected chi connectivity index (χ0v) is 15.5. The summed E-state index contributed by atoms with van der Waals surface area (Å²) in [5.41, 5.74) is 1.96. The van der Waals surface area contributed by atoms with Crippen molar-refractivity contribution >= 4 is 12.2 Å². The van der Waals surface area contributed by atoms with E-state index in [1.165, 1.54) is 0 Å². The van der Waals surface area contributed by atoms with E-state index in [2.05, 4.69) is 19.2 Å². The minimum atomic E-state index is -0.196. The van der Waals surface area contributed by atoms with Crippen molar-refractivity contribution in [1.29, 1.82) is 0 Å². The summed E-state index contributed by atoms with van der Waals surface area (Å²) in [5.74, 6) is 1.73. The maximum Gasteiger partial charge on any atom is 0.251 e. The van der Waals surface area contributed by atoms with Gasteiger partial charge in [0, 0.05) is 17.7 Å². The Labute approximate surface area is 154 Å². The Kier molecular flexibility index (Phi) is 7.21. The molecule has 0 heterocycles. The lowest BCUT2D eigenvalue weighted by Crippen LogP contribution is -2.22. The first-order valence-electron chi connectivity index (χ1n) is 8.66. The molecule has 0 fully saturated rings. The summed E-state index contributed by atoms with van der Waals surface area (Å²) < 4.78 is 11.2. The average Bonchev–Trinajstić information content (AvgIpc) is 2.66. The monoisotopic (exact) mass is 355 g/mol. The quantitative estimate of drug-likeness (QED) is 0.694. The van der Waals surface area contributed by atoms with Gasteiger partial charge in [-0.25, -0.2) is 0 Å². The fraction of sp³-hybridized carbons (Fsp3) is 0.333. The van der Waals surface area contributed by atoms with Gasteiger partial charge in [0.15, 0.2) is 11.5 Å². The van der Waals surface area contributed by atoms with Gasteiger partial charge in [0.05, 0.1) is 13.7 Å². The Balaban J connectivity index is 1.95. The molecule has 26 heavy (non-hydrogen) atoms. The van der Waals surface area contributed by atoms with Crippen molar-refractivity contribution in [2.24, 2.45) is 5.92 Å². The second kappa shape index (κ2) is 9.61. The van der Waals surface area contributed by atoms with Crippen LogP contribution in [0.5, 0.6) is 11.5 Å². The number of carbonyl (C=O) groups excluding carboxylic acids is 2. The molecule has 0 saturated carbocycles. The van der Waals surface area contributed by atoms with Gasteiger partial charge in [-0.05, 0) is 42.2 Å². The van der Waals surface area contributed by atoms with Gasteiger partial charge < -0.3 is 14.8 Å². The van der Waals surface area contributed by atoms with E-state index in [-0.39, 0.29) is 5.91 Å². The predicted molar refractivity (Wildman–Crippen MR) is 101 cm³/mol. The molecular formula is C21H25NO4. The molecule has 0 aliphatic carbocycles. The Morgan fingerprint density at radius 2 is 1.85 bits per heavy atom. The second-order valence-corrected chi connectivity index (χ2v) is 6.44. The normalized spacial score (nSPS) is 10.5. The lowest BCUT2D eigenvalue weighted by Gasteiger charge is -2.13. The van der Waals surface area contributed by atoms with Crippen LogP contribution in [0, 0.1) is 5.92 Å². The van der Waals surface area contributed by atoms with Crippen molar-refractivity contribution in [2.45, 2.75) is 26.8 Å². The number of hydrogen-bond donors (Lipinski definition) is 1. The van der Waals surface area contributed by atoms with Crippen molar-refractivity contribution < 1.29 is 19.1 Å². The predicted octanol–water partition coefficient (Wildman–Crippen LogP) is 3.86. The number of ether oxygens (including phenoxy) is 2. The first kappa shape index (κ1) is 19.5. The van der Waals surface area contributed by atoms with Gasteiger partial charge >= 0.3 is 0 Å². The van der Waals surface area contributed by atoms with Crippen molar-refractivity contribution in [1.82, 2.24) is 5.32 Å². The minimum Gasteiger partial charge on any atom is -0.493 e. The Morgan fingerprint density at radius 1 is 1.12 bits per heavy atom. The van der Waals surface area contributed by atoms with E-state index in [0.717, 1.165) is 18.3 Å². The lowest BCUT2D eigenvalue weighted by atomic mass is 10.1. The van der Waals surface area contributed by atoms with E-state index in [1.54, 1.807) is 31.4 Å². The number of rotatable bonds is 9. The molecule has 0 aliphatic heterocycles. The number of carbonyl (C=O) groups is 2. The second-order valence-electron chi connectivity index (χ2n) is 6.44. The Morgan fingerprint density at radius 3 is 2.46 bits per heavy atom. The zero-order chi connectivity index (χ0) is 18.9.